The molecule has 0 spiro atoms. The van der Waals surface area contributed by atoms with Gasteiger partial charge in [-0.3, -0.25) is 0 Å². The molecule has 2 aromatic carbocycles. The molecule has 1 fully saturated rings. The van der Waals surface area contributed by atoms with Crippen LogP contribution in [0.2, 0.25) is 0 Å². The van der Waals surface area contributed by atoms with Crippen molar-refractivity contribution in [1.82, 2.24) is 12.9 Å². The van der Waals surface area contributed by atoms with Gasteiger partial charge < -0.3 is 0 Å². The fourth-order valence-corrected chi connectivity index (χ4v) is 7.19. The van der Waals surface area contributed by atoms with E-state index in [1.807, 2.05) is 6.92 Å². The van der Waals surface area contributed by atoms with E-state index >= 15 is 0 Å². The van der Waals surface area contributed by atoms with Crippen molar-refractivity contribution in [1.29, 1.82) is 0 Å². The van der Waals surface area contributed by atoms with E-state index in [1.165, 1.54) is 47.0 Å². The molecule has 0 atom stereocenters. The summed E-state index contributed by atoms with van der Waals surface area (Å²) < 4.78 is 80.1. The Balaban J connectivity index is 1.79. The molecule has 0 aliphatic carbocycles. The molecular formula is C20H27N3O6S3. The smallest absolute Gasteiger partial charge is 0.207 e. The first-order chi connectivity index (χ1) is 14.9. The molecule has 176 valence electrons. The highest BCUT2D eigenvalue weighted by Crippen LogP contribution is 2.23. The van der Waals surface area contributed by atoms with Crippen LogP contribution in [0, 0.1) is 6.92 Å². The monoisotopic (exact) mass is 501 g/mol. The third-order valence-corrected chi connectivity index (χ3v) is 11.0. The molecule has 32 heavy (non-hydrogen) atoms. The van der Waals surface area contributed by atoms with E-state index < -0.39 is 30.1 Å². The zero-order chi connectivity index (χ0) is 23.7. The molecule has 1 aliphatic heterocycles. The highest BCUT2D eigenvalue weighted by molar-refractivity contribution is 7.90. The largest absolute Gasteiger partial charge is 0.243 e. The van der Waals surface area contributed by atoms with Crippen molar-refractivity contribution >= 4 is 30.1 Å². The fraction of sp³-hybridized carbons (Fsp3) is 0.400. The van der Waals surface area contributed by atoms with E-state index in [0.29, 0.717) is 6.42 Å². The van der Waals surface area contributed by atoms with Gasteiger partial charge in [0.2, 0.25) is 30.1 Å². The topological polar surface area (TPSA) is 112 Å². The lowest BCUT2D eigenvalue weighted by Crippen LogP contribution is -2.37. The van der Waals surface area contributed by atoms with Crippen LogP contribution in [-0.2, 0) is 30.1 Å². The zero-order valence-corrected chi connectivity index (χ0v) is 20.6. The Bertz CT molecular complexity index is 1270. The van der Waals surface area contributed by atoms with Crippen molar-refractivity contribution in [3.8, 4) is 0 Å². The summed E-state index contributed by atoms with van der Waals surface area (Å²) in [6, 6.07) is 11.6. The molecule has 0 saturated carbocycles. The van der Waals surface area contributed by atoms with Crippen LogP contribution in [0.15, 0.2) is 63.2 Å². The number of sulfonamides is 3. The molecule has 0 bridgehead atoms. The number of hydrogen-bond acceptors (Lipinski definition) is 6. The van der Waals surface area contributed by atoms with E-state index in [1.54, 1.807) is 24.3 Å². The van der Waals surface area contributed by atoms with E-state index in [0.717, 1.165) is 9.87 Å². The minimum Gasteiger partial charge on any atom is -0.207 e. The highest BCUT2D eigenvalue weighted by atomic mass is 32.2. The highest BCUT2D eigenvalue weighted by Gasteiger charge is 2.32. The van der Waals surface area contributed by atoms with Crippen molar-refractivity contribution in [2.75, 3.05) is 40.3 Å². The first-order valence-corrected chi connectivity index (χ1v) is 14.3. The van der Waals surface area contributed by atoms with Crippen molar-refractivity contribution in [3.05, 3.63) is 54.1 Å². The number of aryl methyl sites for hydroxylation is 1. The molecule has 0 amide bonds. The lowest BCUT2D eigenvalue weighted by atomic mass is 10.2. The van der Waals surface area contributed by atoms with Gasteiger partial charge in [-0.15, -0.1) is 0 Å². The van der Waals surface area contributed by atoms with Crippen molar-refractivity contribution in [2.45, 2.75) is 28.0 Å². The van der Waals surface area contributed by atoms with Gasteiger partial charge in [0.1, 0.15) is 0 Å². The molecule has 0 N–H and O–H groups in total. The Morgan fingerprint density at radius 2 is 1.00 bits per heavy atom. The lowest BCUT2D eigenvalue weighted by molar-refractivity contribution is 0.404. The summed E-state index contributed by atoms with van der Waals surface area (Å²) in [5.41, 5.74) is 0.946. The standard InChI is InChI=1S/C20H27N3O6S3/c1-17-5-7-19(8-6-17)31(26,27)22-13-4-14-23(16-15-22)32(28,29)20-11-9-18(10-12-20)30(24,25)21(2)3/h5-12H,4,13-16H2,1-3H3. The van der Waals surface area contributed by atoms with Crippen LogP contribution in [0.3, 0.4) is 0 Å². The summed E-state index contributed by atoms with van der Waals surface area (Å²) in [5.74, 6) is 0. The van der Waals surface area contributed by atoms with E-state index in [9.17, 15) is 25.3 Å². The van der Waals surface area contributed by atoms with Gasteiger partial charge in [-0.1, -0.05) is 17.7 Å². The van der Waals surface area contributed by atoms with Crippen molar-refractivity contribution in [3.63, 3.8) is 0 Å². The predicted octanol–water partition coefficient (Wildman–Crippen LogP) is 1.33. The van der Waals surface area contributed by atoms with Crippen molar-refractivity contribution in [2.24, 2.45) is 0 Å². The van der Waals surface area contributed by atoms with Crippen molar-refractivity contribution < 1.29 is 25.3 Å². The predicted molar refractivity (Wildman–Crippen MR) is 121 cm³/mol. The van der Waals surface area contributed by atoms with Crippen LogP contribution in [0.25, 0.3) is 0 Å². The Hall–Kier alpha value is -1.83. The molecule has 1 aliphatic rings. The Morgan fingerprint density at radius 3 is 1.41 bits per heavy atom. The Kier molecular flexibility index (Phi) is 7.13. The molecule has 0 unspecified atom stereocenters. The van der Waals surface area contributed by atoms with E-state index in [-0.39, 0.29) is 40.9 Å². The van der Waals surface area contributed by atoms with Crippen LogP contribution < -0.4 is 0 Å². The fourth-order valence-electron chi connectivity index (χ4n) is 3.35. The SMILES string of the molecule is Cc1ccc(S(=O)(=O)N2CCCN(S(=O)(=O)c3ccc(S(=O)(=O)N(C)C)cc3)CC2)cc1. The minimum atomic E-state index is -3.90. The number of rotatable bonds is 6. The number of benzene rings is 2. The van der Waals surface area contributed by atoms with Gasteiger partial charge in [-0.25, -0.2) is 29.6 Å². The molecule has 0 aromatic heterocycles. The summed E-state index contributed by atoms with van der Waals surface area (Å²) in [7, 11) is -8.51. The summed E-state index contributed by atoms with van der Waals surface area (Å²) in [6.45, 7) is 2.28. The van der Waals surface area contributed by atoms with Gasteiger partial charge in [-0.05, 0) is 49.7 Å². The zero-order valence-electron chi connectivity index (χ0n) is 18.2. The van der Waals surface area contributed by atoms with Crippen LogP contribution in [0.1, 0.15) is 12.0 Å². The second-order valence-electron chi connectivity index (χ2n) is 7.73. The van der Waals surface area contributed by atoms with Crippen LogP contribution in [0.5, 0.6) is 0 Å². The molecule has 2 aromatic rings. The quantitative estimate of drug-likeness (QED) is 0.590. The molecule has 0 radical (unpaired) electrons. The third-order valence-electron chi connectivity index (χ3n) is 5.31. The van der Waals surface area contributed by atoms with E-state index in [4.69, 9.17) is 0 Å². The first kappa shape index (κ1) is 24.8. The average Bonchev–Trinajstić information content (AvgIpc) is 3.01. The molecule has 12 heteroatoms. The summed E-state index contributed by atoms with van der Waals surface area (Å²) in [6.07, 6.45) is 0.345. The summed E-state index contributed by atoms with van der Waals surface area (Å²) in [5, 5.41) is 0. The lowest BCUT2D eigenvalue weighted by Gasteiger charge is -2.22. The van der Waals surface area contributed by atoms with Gasteiger partial charge >= 0.3 is 0 Å². The number of nitrogens with zero attached hydrogens (tertiary/aromatic N) is 3. The molecule has 1 saturated heterocycles. The van der Waals surface area contributed by atoms with Gasteiger partial charge in [0.05, 0.1) is 14.7 Å². The van der Waals surface area contributed by atoms with Crippen LogP contribution in [-0.4, -0.2) is 78.4 Å². The van der Waals surface area contributed by atoms with Gasteiger partial charge in [0.15, 0.2) is 0 Å². The van der Waals surface area contributed by atoms with E-state index in [2.05, 4.69) is 0 Å². The minimum absolute atomic E-state index is 0.00513. The van der Waals surface area contributed by atoms with Gasteiger partial charge in [-0.2, -0.15) is 8.61 Å². The maximum atomic E-state index is 13.1. The Morgan fingerprint density at radius 1 is 0.625 bits per heavy atom. The van der Waals surface area contributed by atoms with Gasteiger partial charge in [0.25, 0.3) is 0 Å². The maximum Gasteiger partial charge on any atom is 0.243 e. The molecule has 3 rings (SSSR count). The van der Waals surface area contributed by atoms with Crippen LogP contribution in [0.4, 0.5) is 0 Å². The van der Waals surface area contributed by atoms with Gasteiger partial charge in [0, 0.05) is 40.3 Å². The molecular weight excluding hydrogens is 474 g/mol. The number of hydrogen-bond donors (Lipinski definition) is 0. The first-order valence-electron chi connectivity index (χ1n) is 9.96. The van der Waals surface area contributed by atoms with Crippen LogP contribution >= 0.6 is 0 Å². The Labute approximate surface area is 190 Å². The molecule has 9 nitrogen and oxygen atoms in total. The third kappa shape index (κ3) is 4.90. The summed E-state index contributed by atoms with van der Waals surface area (Å²) in [4.78, 5) is 0.134. The molecule has 1 heterocycles. The second kappa shape index (κ2) is 9.20. The second-order valence-corrected chi connectivity index (χ2v) is 13.8. The summed E-state index contributed by atoms with van der Waals surface area (Å²) >= 11 is 0. The average molecular weight is 502 g/mol. The maximum absolute atomic E-state index is 13.1. The normalized spacial score (nSPS) is 17.4.